The molecule has 2 rings (SSSR count). The summed E-state index contributed by atoms with van der Waals surface area (Å²) in [4.78, 5) is 16.6. The lowest BCUT2D eigenvalue weighted by Gasteiger charge is -2.35. The summed E-state index contributed by atoms with van der Waals surface area (Å²) in [6.07, 6.45) is 2.15. The summed E-state index contributed by atoms with van der Waals surface area (Å²) in [6.45, 7) is 5.59. The van der Waals surface area contributed by atoms with Gasteiger partial charge >= 0.3 is 0 Å². The van der Waals surface area contributed by atoms with Crippen LogP contribution in [0.4, 0.5) is 5.69 Å². The predicted octanol–water partition coefficient (Wildman–Crippen LogP) is 1.28. The summed E-state index contributed by atoms with van der Waals surface area (Å²) < 4.78 is 0. The summed E-state index contributed by atoms with van der Waals surface area (Å²) in [5, 5.41) is 7.02. The van der Waals surface area contributed by atoms with Crippen LogP contribution in [0.2, 0.25) is 0 Å². The monoisotopic (exact) mass is 279 g/mol. The molecule has 0 aromatic carbocycles. The van der Waals surface area contributed by atoms with Gasteiger partial charge in [0.25, 0.3) is 5.91 Å². The number of amides is 1. The molecule has 1 amide bonds. The van der Waals surface area contributed by atoms with Crippen molar-refractivity contribution in [1.82, 2.24) is 20.0 Å². The van der Waals surface area contributed by atoms with Gasteiger partial charge in [-0.05, 0) is 32.9 Å². The van der Waals surface area contributed by atoms with E-state index in [2.05, 4.69) is 29.2 Å². The average Bonchev–Trinajstić information content (AvgIpc) is 2.80. The van der Waals surface area contributed by atoms with Crippen LogP contribution in [0, 0.1) is 0 Å². The zero-order valence-electron chi connectivity index (χ0n) is 12.8. The van der Waals surface area contributed by atoms with Gasteiger partial charge in [0.05, 0.1) is 11.4 Å². The van der Waals surface area contributed by atoms with E-state index in [0.717, 1.165) is 31.6 Å². The molecular weight excluding hydrogens is 254 g/mol. The summed E-state index contributed by atoms with van der Waals surface area (Å²) in [5.41, 5.74) is 7.76. The first-order valence-corrected chi connectivity index (χ1v) is 7.21. The molecule has 6 heteroatoms. The van der Waals surface area contributed by atoms with Gasteiger partial charge in [-0.15, -0.1) is 0 Å². The number of nitrogens with zero attached hydrogens (tertiary/aromatic N) is 3. The molecule has 3 N–H and O–H groups in total. The number of carbonyl (C=O) groups excluding carboxylic acids is 1. The normalized spacial score (nSPS) is 19.9. The Labute approximate surface area is 120 Å². The van der Waals surface area contributed by atoms with Crippen LogP contribution in [0.1, 0.15) is 48.8 Å². The SMILES string of the molecule is CC(C)c1[nH]nc(C(=O)N2CCCC(N(C)C)C2)c1N. The highest BCUT2D eigenvalue weighted by atomic mass is 16.2. The lowest BCUT2D eigenvalue weighted by Crippen LogP contribution is -2.47. The molecule has 1 atom stereocenters. The third-order valence-electron chi connectivity index (χ3n) is 4.03. The highest BCUT2D eigenvalue weighted by molar-refractivity contribution is 5.97. The van der Waals surface area contributed by atoms with Crippen molar-refractivity contribution >= 4 is 11.6 Å². The number of H-pyrrole nitrogens is 1. The van der Waals surface area contributed by atoms with Crippen molar-refractivity contribution in [3.63, 3.8) is 0 Å². The van der Waals surface area contributed by atoms with Gasteiger partial charge in [-0.25, -0.2) is 0 Å². The van der Waals surface area contributed by atoms with Gasteiger partial charge in [0, 0.05) is 19.1 Å². The fourth-order valence-corrected chi connectivity index (χ4v) is 2.68. The molecule has 112 valence electrons. The molecule has 20 heavy (non-hydrogen) atoms. The number of aromatic nitrogens is 2. The molecule has 0 aliphatic carbocycles. The second-order valence-corrected chi connectivity index (χ2v) is 6.07. The fraction of sp³-hybridized carbons (Fsp3) is 0.714. The van der Waals surface area contributed by atoms with Crippen LogP contribution in [0.15, 0.2) is 0 Å². The van der Waals surface area contributed by atoms with Crippen molar-refractivity contribution in [3.05, 3.63) is 11.4 Å². The molecule has 2 heterocycles. The zero-order chi connectivity index (χ0) is 14.9. The number of nitrogens with two attached hydrogens (primary N) is 1. The maximum atomic E-state index is 12.6. The molecular formula is C14H25N5O. The number of hydrogen-bond acceptors (Lipinski definition) is 4. The highest BCUT2D eigenvalue weighted by Crippen LogP contribution is 2.24. The van der Waals surface area contributed by atoms with Crippen molar-refractivity contribution in [2.75, 3.05) is 32.9 Å². The van der Waals surface area contributed by atoms with E-state index in [1.165, 1.54) is 0 Å². The number of aromatic amines is 1. The first kappa shape index (κ1) is 14.8. The number of nitrogens with one attached hydrogen (secondary N) is 1. The Hall–Kier alpha value is -1.56. The molecule has 0 bridgehead atoms. The molecule has 0 spiro atoms. The fourth-order valence-electron chi connectivity index (χ4n) is 2.68. The van der Waals surface area contributed by atoms with E-state index < -0.39 is 0 Å². The van der Waals surface area contributed by atoms with Crippen molar-refractivity contribution in [1.29, 1.82) is 0 Å². The second-order valence-electron chi connectivity index (χ2n) is 6.07. The van der Waals surface area contributed by atoms with Crippen LogP contribution >= 0.6 is 0 Å². The first-order valence-electron chi connectivity index (χ1n) is 7.21. The lowest BCUT2D eigenvalue weighted by atomic mass is 10.0. The molecule has 1 unspecified atom stereocenters. The summed E-state index contributed by atoms with van der Waals surface area (Å²) in [5.74, 6) is 0.178. The molecule has 1 aliphatic heterocycles. The van der Waals surface area contributed by atoms with Crippen LogP contribution in [-0.2, 0) is 0 Å². The number of hydrogen-bond donors (Lipinski definition) is 2. The Kier molecular flexibility index (Phi) is 4.32. The van der Waals surface area contributed by atoms with Crippen molar-refractivity contribution in [2.45, 2.75) is 38.6 Å². The maximum Gasteiger partial charge on any atom is 0.276 e. The van der Waals surface area contributed by atoms with Crippen LogP contribution in [0.5, 0.6) is 0 Å². The van der Waals surface area contributed by atoms with E-state index in [9.17, 15) is 4.79 Å². The third-order valence-corrected chi connectivity index (χ3v) is 4.03. The number of likely N-dealkylation sites (tertiary alicyclic amines) is 1. The molecule has 0 saturated carbocycles. The number of nitrogen functional groups attached to an aromatic ring is 1. The van der Waals surface area contributed by atoms with Crippen molar-refractivity contribution in [3.8, 4) is 0 Å². The molecule has 1 aromatic heterocycles. The number of carbonyl (C=O) groups is 1. The number of rotatable bonds is 3. The minimum atomic E-state index is -0.0581. The Balaban J connectivity index is 2.15. The molecule has 6 nitrogen and oxygen atoms in total. The van der Waals surface area contributed by atoms with Crippen LogP contribution in [0.25, 0.3) is 0 Å². The van der Waals surface area contributed by atoms with E-state index in [-0.39, 0.29) is 11.8 Å². The van der Waals surface area contributed by atoms with Crippen LogP contribution < -0.4 is 5.73 Å². The molecule has 1 saturated heterocycles. The van der Waals surface area contributed by atoms with E-state index >= 15 is 0 Å². The van der Waals surface area contributed by atoms with Gasteiger partial charge in [-0.2, -0.15) is 5.10 Å². The van der Waals surface area contributed by atoms with Gasteiger partial charge in [0.15, 0.2) is 5.69 Å². The highest BCUT2D eigenvalue weighted by Gasteiger charge is 2.29. The topological polar surface area (TPSA) is 78.2 Å². The van der Waals surface area contributed by atoms with E-state index in [1.54, 1.807) is 0 Å². The Morgan fingerprint density at radius 3 is 2.75 bits per heavy atom. The zero-order valence-corrected chi connectivity index (χ0v) is 12.8. The van der Waals surface area contributed by atoms with Gasteiger partial charge < -0.3 is 15.5 Å². The van der Waals surface area contributed by atoms with E-state index in [4.69, 9.17) is 5.73 Å². The minimum Gasteiger partial charge on any atom is -0.395 e. The molecule has 1 aliphatic rings. The second kappa shape index (κ2) is 5.83. The first-order chi connectivity index (χ1) is 9.41. The van der Waals surface area contributed by atoms with Crippen molar-refractivity contribution in [2.24, 2.45) is 0 Å². The number of anilines is 1. The minimum absolute atomic E-state index is 0.0581. The summed E-state index contributed by atoms with van der Waals surface area (Å²) in [7, 11) is 4.11. The summed E-state index contributed by atoms with van der Waals surface area (Å²) >= 11 is 0. The van der Waals surface area contributed by atoms with Crippen LogP contribution in [-0.4, -0.2) is 59.1 Å². The lowest BCUT2D eigenvalue weighted by molar-refractivity contribution is 0.0630. The van der Waals surface area contributed by atoms with Gasteiger partial charge in [0.1, 0.15) is 0 Å². The van der Waals surface area contributed by atoms with Gasteiger partial charge in [-0.1, -0.05) is 13.8 Å². The van der Waals surface area contributed by atoms with Gasteiger partial charge in [-0.3, -0.25) is 9.89 Å². The predicted molar refractivity (Wildman–Crippen MR) is 79.7 cm³/mol. The molecule has 1 fully saturated rings. The quantitative estimate of drug-likeness (QED) is 0.873. The average molecular weight is 279 g/mol. The molecule has 1 aromatic rings. The Morgan fingerprint density at radius 1 is 1.50 bits per heavy atom. The molecule has 0 radical (unpaired) electrons. The standard InChI is InChI=1S/C14H25N5O/c1-9(2)12-11(15)13(17-16-12)14(20)19-7-5-6-10(8-19)18(3)4/h9-10H,5-8,15H2,1-4H3,(H,16,17). The summed E-state index contributed by atoms with van der Waals surface area (Å²) in [6, 6.07) is 0.414. The third kappa shape index (κ3) is 2.80. The largest absolute Gasteiger partial charge is 0.395 e. The Morgan fingerprint density at radius 2 is 2.20 bits per heavy atom. The Bertz CT molecular complexity index is 480. The van der Waals surface area contributed by atoms with Gasteiger partial charge in [0.2, 0.25) is 0 Å². The van der Waals surface area contributed by atoms with Crippen LogP contribution in [0.3, 0.4) is 0 Å². The van der Waals surface area contributed by atoms with E-state index in [0.29, 0.717) is 17.4 Å². The number of piperidine rings is 1. The maximum absolute atomic E-state index is 12.6. The van der Waals surface area contributed by atoms with E-state index in [1.807, 2.05) is 18.7 Å². The van der Waals surface area contributed by atoms with Crippen molar-refractivity contribution < 1.29 is 4.79 Å². The number of likely N-dealkylation sites (N-methyl/N-ethyl adjacent to an activating group) is 1. The smallest absolute Gasteiger partial charge is 0.276 e.